The lowest BCUT2D eigenvalue weighted by Gasteiger charge is -2.32. The first-order valence-corrected chi connectivity index (χ1v) is 10.5. The van der Waals surface area contributed by atoms with Crippen molar-refractivity contribution >= 4 is 41.7 Å². The molecule has 0 saturated carbocycles. The van der Waals surface area contributed by atoms with E-state index in [1.54, 1.807) is 13.4 Å². The van der Waals surface area contributed by atoms with Crippen molar-refractivity contribution in [3.05, 3.63) is 24.2 Å². The molecule has 1 aliphatic rings. The fourth-order valence-corrected chi connectivity index (χ4v) is 3.15. The van der Waals surface area contributed by atoms with Gasteiger partial charge in [-0.1, -0.05) is 0 Å². The molecule has 0 aromatic carbocycles. The summed E-state index contributed by atoms with van der Waals surface area (Å²) >= 11 is 1.82. The lowest BCUT2D eigenvalue weighted by molar-refractivity contribution is 0.128. The summed E-state index contributed by atoms with van der Waals surface area (Å²) in [5, 5.41) is 7.06. The standard InChI is InChI=1S/C18H32N4O2S.HI/c1-23-14-12-22-10-6-16(7-11-22)21-18(20-9-15-25-2)19-8-5-17-4-3-13-24-17;/h3-4,13,16H,5-12,14-15H2,1-2H3,(H2,19,20,21);1H. The lowest BCUT2D eigenvalue weighted by atomic mass is 10.1. The number of thioether (sulfide) groups is 1. The number of halogens is 1. The molecule has 2 N–H and O–H groups in total. The average molecular weight is 496 g/mol. The molecule has 0 bridgehead atoms. The summed E-state index contributed by atoms with van der Waals surface area (Å²) in [7, 11) is 1.76. The fourth-order valence-electron chi connectivity index (χ4n) is 2.87. The third-order valence-corrected chi connectivity index (χ3v) is 4.94. The topological polar surface area (TPSA) is 62.0 Å². The van der Waals surface area contributed by atoms with Crippen LogP contribution in [-0.4, -0.2) is 75.4 Å². The van der Waals surface area contributed by atoms with Gasteiger partial charge in [-0.2, -0.15) is 11.8 Å². The van der Waals surface area contributed by atoms with E-state index in [4.69, 9.17) is 14.1 Å². The van der Waals surface area contributed by atoms with Crippen LogP contribution in [0.3, 0.4) is 0 Å². The number of hydrogen-bond donors (Lipinski definition) is 2. The highest BCUT2D eigenvalue weighted by molar-refractivity contribution is 14.0. The zero-order valence-electron chi connectivity index (χ0n) is 15.9. The first kappa shape index (κ1) is 23.6. The van der Waals surface area contributed by atoms with Crippen molar-refractivity contribution in [1.82, 2.24) is 15.5 Å². The van der Waals surface area contributed by atoms with Crippen molar-refractivity contribution in [3.8, 4) is 0 Å². The van der Waals surface area contributed by atoms with Crippen LogP contribution in [-0.2, 0) is 11.2 Å². The SMILES string of the molecule is COCCN1CCC(NC(=NCCSC)NCCc2ccco2)CC1.I. The third-order valence-electron chi connectivity index (χ3n) is 4.35. The molecule has 0 spiro atoms. The number of nitrogens with zero attached hydrogens (tertiary/aromatic N) is 2. The zero-order valence-corrected chi connectivity index (χ0v) is 19.1. The highest BCUT2D eigenvalue weighted by Crippen LogP contribution is 2.10. The van der Waals surface area contributed by atoms with Gasteiger partial charge in [-0.3, -0.25) is 4.99 Å². The van der Waals surface area contributed by atoms with Gasteiger partial charge in [0.25, 0.3) is 0 Å². The predicted octanol–water partition coefficient (Wildman–Crippen LogP) is 2.45. The number of piperidine rings is 1. The van der Waals surface area contributed by atoms with Crippen LogP contribution in [0.4, 0.5) is 0 Å². The zero-order chi connectivity index (χ0) is 17.7. The molecule has 0 amide bonds. The highest BCUT2D eigenvalue weighted by atomic mass is 127. The Morgan fingerprint density at radius 3 is 2.88 bits per heavy atom. The summed E-state index contributed by atoms with van der Waals surface area (Å²) in [6, 6.07) is 4.43. The number of hydrogen-bond acceptors (Lipinski definition) is 5. The second-order valence-electron chi connectivity index (χ2n) is 6.23. The molecule has 26 heavy (non-hydrogen) atoms. The van der Waals surface area contributed by atoms with Crippen LogP contribution in [0, 0.1) is 0 Å². The van der Waals surface area contributed by atoms with E-state index >= 15 is 0 Å². The summed E-state index contributed by atoms with van der Waals surface area (Å²) in [5.74, 6) is 2.97. The van der Waals surface area contributed by atoms with E-state index < -0.39 is 0 Å². The molecule has 2 heterocycles. The van der Waals surface area contributed by atoms with Crippen LogP contribution in [0.15, 0.2) is 27.8 Å². The maximum Gasteiger partial charge on any atom is 0.191 e. The molecule has 1 aliphatic heterocycles. The van der Waals surface area contributed by atoms with E-state index in [1.165, 1.54) is 0 Å². The van der Waals surface area contributed by atoms with Crippen LogP contribution in [0.25, 0.3) is 0 Å². The number of guanidine groups is 1. The van der Waals surface area contributed by atoms with Crippen molar-refractivity contribution < 1.29 is 9.15 Å². The van der Waals surface area contributed by atoms with Gasteiger partial charge < -0.3 is 24.7 Å². The van der Waals surface area contributed by atoms with Gasteiger partial charge in [-0.25, -0.2) is 0 Å². The Bertz CT molecular complexity index is 480. The van der Waals surface area contributed by atoms with E-state index in [2.05, 4.69) is 21.8 Å². The van der Waals surface area contributed by atoms with Crippen LogP contribution in [0.2, 0.25) is 0 Å². The summed E-state index contributed by atoms with van der Waals surface area (Å²) in [6.07, 6.45) is 6.99. The van der Waals surface area contributed by atoms with Crippen molar-refractivity contribution in [2.24, 2.45) is 4.99 Å². The molecule has 2 rings (SSSR count). The van der Waals surface area contributed by atoms with Crippen molar-refractivity contribution in [3.63, 3.8) is 0 Å². The maximum absolute atomic E-state index is 5.39. The Balaban J connectivity index is 0.00000338. The second kappa shape index (κ2) is 14.6. The number of nitrogens with one attached hydrogen (secondary N) is 2. The normalized spacial score (nSPS) is 16.3. The Hall–Kier alpha value is -0.450. The van der Waals surface area contributed by atoms with Gasteiger partial charge >= 0.3 is 0 Å². The number of furan rings is 1. The smallest absolute Gasteiger partial charge is 0.191 e. The van der Waals surface area contributed by atoms with Crippen LogP contribution in [0.5, 0.6) is 0 Å². The van der Waals surface area contributed by atoms with Crippen LogP contribution in [0.1, 0.15) is 18.6 Å². The number of aliphatic imine (C=N–C) groups is 1. The van der Waals surface area contributed by atoms with Crippen LogP contribution < -0.4 is 10.6 Å². The van der Waals surface area contributed by atoms with E-state index in [9.17, 15) is 0 Å². The number of likely N-dealkylation sites (tertiary alicyclic amines) is 1. The van der Waals surface area contributed by atoms with Gasteiger partial charge in [0, 0.05) is 51.5 Å². The molecule has 1 fully saturated rings. The minimum Gasteiger partial charge on any atom is -0.469 e. The largest absolute Gasteiger partial charge is 0.469 e. The molecular formula is C18H33IN4O2S. The lowest BCUT2D eigenvalue weighted by Crippen LogP contribution is -2.49. The average Bonchev–Trinajstić information content (AvgIpc) is 3.14. The van der Waals surface area contributed by atoms with Gasteiger partial charge in [0.1, 0.15) is 5.76 Å². The molecule has 0 radical (unpaired) electrons. The predicted molar refractivity (Wildman–Crippen MR) is 121 cm³/mol. The molecule has 1 aromatic heterocycles. The molecule has 1 aromatic rings. The van der Waals surface area contributed by atoms with Gasteiger partial charge in [0.15, 0.2) is 5.96 Å². The van der Waals surface area contributed by atoms with Gasteiger partial charge in [0.05, 0.1) is 19.4 Å². The Kier molecular flexibility index (Phi) is 13.2. The molecule has 6 nitrogen and oxygen atoms in total. The molecular weight excluding hydrogens is 463 g/mol. The molecule has 0 unspecified atom stereocenters. The Morgan fingerprint density at radius 1 is 1.42 bits per heavy atom. The monoisotopic (exact) mass is 496 g/mol. The first-order valence-electron chi connectivity index (χ1n) is 9.09. The summed E-state index contributed by atoms with van der Waals surface area (Å²) in [4.78, 5) is 7.17. The number of ether oxygens (including phenoxy) is 1. The van der Waals surface area contributed by atoms with Gasteiger partial charge in [0.2, 0.25) is 0 Å². The molecule has 0 atom stereocenters. The van der Waals surface area contributed by atoms with E-state index in [0.29, 0.717) is 6.04 Å². The summed E-state index contributed by atoms with van der Waals surface area (Å²) in [5.41, 5.74) is 0. The summed E-state index contributed by atoms with van der Waals surface area (Å²) < 4.78 is 10.6. The maximum atomic E-state index is 5.39. The van der Waals surface area contributed by atoms with Gasteiger partial charge in [-0.05, 0) is 31.2 Å². The molecule has 0 aliphatic carbocycles. The minimum absolute atomic E-state index is 0. The van der Waals surface area contributed by atoms with Crippen molar-refractivity contribution in [2.45, 2.75) is 25.3 Å². The van der Waals surface area contributed by atoms with E-state index in [0.717, 1.165) is 76.1 Å². The second-order valence-corrected chi connectivity index (χ2v) is 7.22. The van der Waals surface area contributed by atoms with Gasteiger partial charge in [-0.15, -0.1) is 24.0 Å². The number of methoxy groups -OCH3 is 1. The van der Waals surface area contributed by atoms with E-state index in [-0.39, 0.29) is 24.0 Å². The Labute approximate surface area is 178 Å². The van der Waals surface area contributed by atoms with Crippen LogP contribution >= 0.6 is 35.7 Å². The molecule has 150 valence electrons. The fraction of sp³-hybridized carbons (Fsp3) is 0.722. The molecule has 8 heteroatoms. The number of rotatable bonds is 10. The highest BCUT2D eigenvalue weighted by Gasteiger charge is 2.19. The van der Waals surface area contributed by atoms with E-state index in [1.807, 2.05) is 23.9 Å². The third kappa shape index (κ3) is 9.48. The van der Waals surface area contributed by atoms with Crippen molar-refractivity contribution in [2.75, 3.05) is 58.4 Å². The minimum atomic E-state index is 0. The van der Waals surface area contributed by atoms with Crippen molar-refractivity contribution in [1.29, 1.82) is 0 Å². The Morgan fingerprint density at radius 2 is 2.23 bits per heavy atom. The molecule has 1 saturated heterocycles. The summed E-state index contributed by atoms with van der Waals surface area (Å²) in [6.45, 7) is 5.74. The first-order chi connectivity index (χ1) is 12.3. The quantitative estimate of drug-likeness (QED) is 0.225.